The number of hydrogen-bond acceptors (Lipinski definition) is 3. The van der Waals surface area contributed by atoms with E-state index in [4.69, 9.17) is 4.98 Å². The van der Waals surface area contributed by atoms with Crippen molar-refractivity contribution in [3.8, 4) is 0 Å². The molecule has 1 aromatic carbocycles. The molecule has 1 unspecified atom stereocenters. The third-order valence-electron chi connectivity index (χ3n) is 4.99. The Bertz CT molecular complexity index is 860. The molecule has 142 valence electrons. The zero-order valence-electron chi connectivity index (χ0n) is 15.8. The van der Waals surface area contributed by atoms with Gasteiger partial charge in [0.05, 0.1) is 11.0 Å². The third-order valence-corrected chi connectivity index (χ3v) is 4.99. The molecule has 0 bridgehead atoms. The average Bonchev–Trinajstić information content (AvgIpc) is 3.22. The highest BCUT2D eigenvalue weighted by molar-refractivity contribution is 5.83. The van der Waals surface area contributed by atoms with E-state index in [2.05, 4.69) is 13.2 Å². The molecule has 0 aliphatic carbocycles. The lowest BCUT2D eigenvalue weighted by molar-refractivity contribution is -0.130. The van der Waals surface area contributed by atoms with E-state index in [1.807, 2.05) is 40.7 Å². The van der Waals surface area contributed by atoms with Crippen molar-refractivity contribution in [2.24, 2.45) is 0 Å². The van der Waals surface area contributed by atoms with Crippen LogP contribution in [0, 0.1) is 0 Å². The molecule has 3 rings (SSSR count). The Morgan fingerprint density at radius 2 is 2.00 bits per heavy atom. The number of rotatable bonds is 8. The molecule has 1 aliphatic heterocycles. The van der Waals surface area contributed by atoms with Crippen molar-refractivity contribution in [2.75, 3.05) is 26.2 Å². The van der Waals surface area contributed by atoms with E-state index in [0.29, 0.717) is 32.6 Å². The predicted octanol–water partition coefficient (Wildman–Crippen LogP) is 2.57. The molecule has 6 heteroatoms. The zero-order chi connectivity index (χ0) is 19.4. The molecule has 0 N–H and O–H groups in total. The Morgan fingerprint density at radius 1 is 1.30 bits per heavy atom. The largest absolute Gasteiger partial charge is 0.342 e. The summed E-state index contributed by atoms with van der Waals surface area (Å²) in [6, 6.07) is 7.79. The zero-order valence-corrected chi connectivity index (χ0v) is 15.8. The number of hydrogen-bond donors (Lipinski definition) is 0. The number of imidazole rings is 1. The fraction of sp³-hybridized carbons (Fsp3) is 0.381. The Balaban J connectivity index is 1.96. The highest BCUT2D eigenvalue weighted by atomic mass is 16.2. The van der Waals surface area contributed by atoms with Crippen LogP contribution in [0.2, 0.25) is 0 Å². The molecule has 1 saturated heterocycles. The minimum atomic E-state index is -0.0177. The van der Waals surface area contributed by atoms with Gasteiger partial charge in [-0.15, -0.1) is 13.2 Å². The number of para-hydroxylation sites is 2. The van der Waals surface area contributed by atoms with E-state index in [1.54, 1.807) is 17.1 Å². The van der Waals surface area contributed by atoms with Crippen LogP contribution in [0.25, 0.3) is 11.0 Å². The van der Waals surface area contributed by atoms with Crippen LogP contribution in [0.1, 0.15) is 25.1 Å². The lowest BCUT2D eigenvalue weighted by atomic mass is 10.1. The number of benzene rings is 1. The molecule has 2 amide bonds. The van der Waals surface area contributed by atoms with E-state index in [-0.39, 0.29) is 24.3 Å². The van der Waals surface area contributed by atoms with Crippen molar-refractivity contribution in [1.29, 1.82) is 0 Å². The maximum absolute atomic E-state index is 12.9. The highest BCUT2D eigenvalue weighted by Crippen LogP contribution is 2.30. The summed E-state index contributed by atoms with van der Waals surface area (Å²) in [5.74, 6) is 0.944. The highest BCUT2D eigenvalue weighted by Gasteiger charge is 2.33. The molecular formula is C21H26N4O2. The van der Waals surface area contributed by atoms with Crippen LogP contribution in [0.4, 0.5) is 0 Å². The van der Waals surface area contributed by atoms with E-state index < -0.39 is 0 Å². The van der Waals surface area contributed by atoms with Crippen LogP contribution in [0.3, 0.4) is 0 Å². The summed E-state index contributed by atoms with van der Waals surface area (Å²) in [5, 5.41) is 0. The average molecular weight is 366 g/mol. The number of likely N-dealkylation sites (tertiary alicyclic amines) is 1. The quantitative estimate of drug-likeness (QED) is 0.675. The Labute approximate surface area is 159 Å². The number of carbonyl (C=O) groups is 2. The van der Waals surface area contributed by atoms with Crippen molar-refractivity contribution < 1.29 is 9.59 Å². The number of amides is 2. The molecule has 2 aromatic rings. The van der Waals surface area contributed by atoms with Gasteiger partial charge in [0.25, 0.3) is 0 Å². The molecule has 1 aromatic heterocycles. The maximum Gasteiger partial charge on any atom is 0.243 e. The molecule has 1 atom stereocenters. The van der Waals surface area contributed by atoms with Crippen molar-refractivity contribution >= 4 is 22.8 Å². The lowest BCUT2D eigenvalue weighted by Gasteiger charge is -2.21. The number of likely N-dealkylation sites (N-methyl/N-ethyl adjacent to an activating group) is 1. The second-order valence-corrected chi connectivity index (χ2v) is 6.75. The SMILES string of the molecule is C=CCN(CC=C)C(=O)Cn1c(C2CC(=O)N(CC)C2)nc2ccccc21. The number of fused-ring (bicyclic) bond motifs is 1. The van der Waals surface area contributed by atoms with Crippen molar-refractivity contribution in [1.82, 2.24) is 19.4 Å². The lowest BCUT2D eigenvalue weighted by Crippen LogP contribution is -2.34. The summed E-state index contributed by atoms with van der Waals surface area (Å²) in [6.07, 6.45) is 3.86. The van der Waals surface area contributed by atoms with Crippen LogP contribution < -0.4 is 0 Å². The van der Waals surface area contributed by atoms with Gasteiger partial charge in [-0.2, -0.15) is 0 Å². The van der Waals surface area contributed by atoms with Crippen LogP contribution in [0.5, 0.6) is 0 Å². The van der Waals surface area contributed by atoms with Gasteiger partial charge in [0.1, 0.15) is 12.4 Å². The number of nitrogens with zero attached hydrogens (tertiary/aromatic N) is 4. The Kier molecular flexibility index (Phi) is 5.74. The molecule has 0 saturated carbocycles. The van der Waals surface area contributed by atoms with Crippen molar-refractivity contribution in [3.05, 3.63) is 55.4 Å². The first-order valence-electron chi connectivity index (χ1n) is 9.31. The first-order chi connectivity index (χ1) is 13.1. The minimum absolute atomic E-state index is 0.00455. The van der Waals surface area contributed by atoms with Gasteiger partial charge in [-0.3, -0.25) is 9.59 Å². The third kappa shape index (κ3) is 3.79. The van der Waals surface area contributed by atoms with Crippen LogP contribution in [0.15, 0.2) is 49.6 Å². The monoisotopic (exact) mass is 366 g/mol. The molecule has 1 fully saturated rings. The summed E-state index contributed by atoms with van der Waals surface area (Å²) in [4.78, 5) is 33.4. The van der Waals surface area contributed by atoms with Gasteiger partial charge >= 0.3 is 0 Å². The second-order valence-electron chi connectivity index (χ2n) is 6.75. The normalized spacial score (nSPS) is 16.7. The second kappa shape index (κ2) is 8.20. The van der Waals surface area contributed by atoms with E-state index >= 15 is 0 Å². The number of carbonyl (C=O) groups excluding carboxylic acids is 2. The summed E-state index contributed by atoms with van der Waals surface area (Å²) >= 11 is 0. The topological polar surface area (TPSA) is 58.4 Å². The van der Waals surface area contributed by atoms with Crippen molar-refractivity contribution in [2.45, 2.75) is 25.8 Å². The smallest absolute Gasteiger partial charge is 0.243 e. The molecule has 0 spiro atoms. The summed E-state index contributed by atoms with van der Waals surface area (Å²) in [5.41, 5.74) is 1.77. The van der Waals surface area contributed by atoms with Gasteiger partial charge in [0.2, 0.25) is 11.8 Å². The summed E-state index contributed by atoms with van der Waals surface area (Å²) < 4.78 is 1.97. The van der Waals surface area contributed by atoms with E-state index in [1.165, 1.54) is 0 Å². The molecule has 0 radical (unpaired) electrons. The van der Waals surface area contributed by atoms with Gasteiger partial charge in [0, 0.05) is 38.5 Å². The standard InChI is InChI=1S/C21H26N4O2/c1-4-11-24(12-5-2)20(27)15-25-18-10-8-7-9-17(18)22-21(25)16-13-19(26)23(6-3)14-16/h4-5,7-10,16H,1-2,6,11-15H2,3H3. The van der Waals surface area contributed by atoms with Crippen LogP contribution in [-0.2, 0) is 16.1 Å². The molecule has 6 nitrogen and oxygen atoms in total. The van der Waals surface area contributed by atoms with Gasteiger partial charge in [-0.1, -0.05) is 24.3 Å². The molecular weight excluding hydrogens is 340 g/mol. The first kappa shape index (κ1) is 18.9. The fourth-order valence-electron chi connectivity index (χ4n) is 3.65. The fourth-order valence-corrected chi connectivity index (χ4v) is 3.65. The van der Waals surface area contributed by atoms with Gasteiger partial charge in [-0.05, 0) is 19.1 Å². The minimum Gasteiger partial charge on any atom is -0.342 e. The van der Waals surface area contributed by atoms with Gasteiger partial charge in [-0.25, -0.2) is 4.98 Å². The molecule has 2 heterocycles. The predicted molar refractivity (Wildman–Crippen MR) is 106 cm³/mol. The van der Waals surface area contributed by atoms with Gasteiger partial charge < -0.3 is 14.4 Å². The maximum atomic E-state index is 12.9. The van der Waals surface area contributed by atoms with Crippen molar-refractivity contribution in [3.63, 3.8) is 0 Å². The molecule has 27 heavy (non-hydrogen) atoms. The van der Waals surface area contributed by atoms with Gasteiger partial charge in [0.15, 0.2) is 0 Å². The Hall–Kier alpha value is -2.89. The Morgan fingerprint density at radius 3 is 2.63 bits per heavy atom. The van der Waals surface area contributed by atoms with Crippen LogP contribution in [-0.4, -0.2) is 57.3 Å². The number of aromatic nitrogens is 2. The summed E-state index contributed by atoms with van der Waals surface area (Å²) in [6.45, 7) is 11.9. The first-order valence-corrected chi connectivity index (χ1v) is 9.31. The van der Waals surface area contributed by atoms with E-state index in [0.717, 1.165) is 16.9 Å². The molecule has 1 aliphatic rings. The summed E-state index contributed by atoms with van der Waals surface area (Å²) in [7, 11) is 0. The van der Waals surface area contributed by atoms with Crippen LogP contribution >= 0.6 is 0 Å². The van der Waals surface area contributed by atoms with E-state index in [9.17, 15) is 9.59 Å².